The van der Waals surface area contributed by atoms with Crippen LogP contribution in [0.15, 0.2) is 18.2 Å². The van der Waals surface area contributed by atoms with Crippen LogP contribution in [0, 0.1) is 13.8 Å². The highest BCUT2D eigenvalue weighted by Gasteiger charge is 2.04. The van der Waals surface area contributed by atoms with Crippen molar-refractivity contribution in [1.82, 2.24) is 0 Å². The first-order valence-electron chi connectivity index (χ1n) is 4.58. The van der Waals surface area contributed by atoms with Gasteiger partial charge < -0.3 is 0 Å². The third-order valence-electron chi connectivity index (χ3n) is 2.40. The van der Waals surface area contributed by atoms with E-state index in [4.69, 9.17) is 0 Å². The Morgan fingerprint density at radius 2 is 2.08 bits per heavy atom. The van der Waals surface area contributed by atoms with E-state index in [9.17, 15) is 0 Å². The Bertz CT molecular complexity index is 259. The molecular weight excluding hydrogens is 144 g/mol. The van der Waals surface area contributed by atoms with Crippen LogP contribution in [-0.4, -0.2) is 0 Å². The van der Waals surface area contributed by atoms with Gasteiger partial charge in [0, 0.05) is 0 Å². The summed E-state index contributed by atoms with van der Waals surface area (Å²) in [4.78, 5) is 0. The summed E-state index contributed by atoms with van der Waals surface area (Å²) in [6.45, 7) is 10.6. The van der Waals surface area contributed by atoms with Gasteiger partial charge >= 0.3 is 0 Å². The molecule has 0 aliphatic rings. The number of hydrogen-bond donors (Lipinski definition) is 0. The van der Waals surface area contributed by atoms with Crippen molar-refractivity contribution in [3.05, 3.63) is 41.8 Å². The summed E-state index contributed by atoms with van der Waals surface area (Å²) >= 11 is 0. The fraction of sp³-hybridized carbons (Fsp3) is 0.417. The molecule has 0 aliphatic heterocycles. The largest absolute Gasteiger partial charge is 0.0617 e. The van der Waals surface area contributed by atoms with Crippen molar-refractivity contribution >= 4 is 0 Å². The van der Waals surface area contributed by atoms with Gasteiger partial charge in [-0.3, -0.25) is 0 Å². The summed E-state index contributed by atoms with van der Waals surface area (Å²) in [7, 11) is 0. The molecule has 0 bridgehead atoms. The van der Waals surface area contributed by atoms with Crippen molar-refractivity contribution in [2.24, 2.45) is 0 Å². The van der Waals surface area contributed by atoms with Crippen LogP contribution in [0.3, 0.4) is 0 Å². The second-order valence-electron chi connectivity index (χ2n) is 3.39. The predicted molar refractivity (Wildman–Crippen MR) is 54.3 cm³/mol. The van der Waals surface area contributed by atoms with E-state index in [2.05, 4.69) is 45.9 Å². The predicted octanol–water partition coefficient (Wildman–Crippen LogP) is 3.50. The first-order valence-corrected chi connectivity index (χ1v) is 4.58. The lowest BCUT2D eigenvalue weighted by Gasteiger charge is -2.12. The van der Waals surface area contributed by atoms with E-state index in [1.807, 2.05) is 0 Å². The van der Waals surface area contributed by atoms with Gasteiger partial charge in [-0.25, -0.2) is 0 Å². The normalized spacial score (nSPS) is 10.8. The van der Waals surface area contributed by atoms with Crippen LogP contribution in [0.2, 0.25) is 0 Å². The van der Waals surface area contributed by atoms with Gasteiger partial charge in [0.1, 0.15) is 0 Å². The van der Waals surface area contributed by atoms with Crippen molar-refractivity contribution in [2.45, 2.75) is 33.1 Å². The van der Waals surface area contributed by atoms with Crippen molar-refractivity contribution in [2.75, 3.05) is 0 Å². The molecule has 1 aromatic carbocycles. The van der Waals surface area contributed by atoms with E-state index >= 15 is 0 Å². The summed E-state index contributed by atoms with van der Waals surface area (Å²) in [6, 6.07) is 6.50. The van der Waals surface area contributed by atoms with Gasteiger partial charge in [-0.2, -0.15) is 0 Å². The zero-order valence-electron chi connectivity index (χ0n) is 8.22. The van der Waals surface area contributed by atoms with Gasteiger partial charge in [0.25, 0.3) is 0 Å². The highest BCUT2D eigenvalue weighted by Crippen LogP contribution is 2.21. The second-order valence-corrected chi connectivity index (χ2v) is 3.39. The van der Waals surface area contributed by atoms with Gasteiger partial charge in [0.2, 0.25) is 0 Å². The molecule has 0 aromatic heterocycles. The maximum atomic E-state index is 4.04. The molecule has 0 amide bonds. The lowest BCUT2D eigenvalue weighted by molar-refractivity contribution is 0.935. The first kappa shape index (κ1) is 9.31. The summed E-state index contributed by atoms with van der Waals surface area (Å²) in [5.41, 5.74) is 4.25. The number of benzene rings is 1. The molecule has 1 unspecified atom stereocenters. The Morgan fingerprint density at radius 1 is 1.42 bits per heavy atom. The molecule has 0 heterocycles. The van der Waals surface area contributed by atoms with Crippen molar-refractivity contribution in [1.29, 1.82) is 0 Å². The molecule has 1 aromatic rings. The summed E-state index contributed by atoms with van der Waals surface area (Å²) < 4.78 is 0. The summed E-state index contributed by atoms with van der Waals surface area (Å²) in [6.07, 6.45) is 1.12. The molecule has 0 N–H and O–H groups in total. The minimum atomic E-state index is 0.400. The molecule has 12 heavy (non-hydrogen) atoms. The third-order valence-corrected chi connectivity index (χ3v) is 2.40. The fourth-order valence-corrected chi connectivity index (χ4v) is 1.62. The highest BCUT2D eigenvalue weighted by atomic mass is 14.1. The molecule has 0 saturated heterocycles. The zero-order chi connectivity index (χ0) is 9.14. The van der Waals surface area contributed by atoms with Crippen LogP contribution in [-0.2, 0) is 6.42 Å². The Labute approximate surface area is 75.6 Å². The van der Waals surface area contributed by atoms with Crippen molar-refractivity contribution in [3.8, 4) is 0 Å². The molecule has 0 saturated carbocycles. The molecular formula is C12H17. The zero-order valence-corrected chi connectivity index (χ0v) is 8.22. The van der Waals surface area contributed by atoms with Crippen molar-refractivity contribution in [3.63, 3.8) is 0 Å². The molecule has 0 fully saturated rings. The monoisotopic (exact) mass is 161 g/mol. The van der Waals surface area contributed by atoms with Crippen molar-refractivity contribution < 1.29 is 0 Å². The van der Waals surface area contributed by atoms with E-state index in [1.165, 1.54) is 16.7 Å². The molecule has 1 rings (SSSR count). The van der Waals surface area contributed by atoms with Crippen LogP contribution in [0.25, 0.3) is 0 Å². The quantitative estimate of drug-likeness (QED) is 0.622. The average Bonchev–Trinajstić information content (AvgIpc) is 2.04. The van der Waals surface area contributed by atoms with Gasteiger partial charge in [-0.1, -0.05) is 32.0 Å². The molecule has 0 spiro atoms. The van der Waals surface area contributed by atoms with Gasteiger partial charge in [0.15, 0.2) is 0 Å². The molecule has 0 heteroatoms. The highest BCUT2D eigenvalue weighted by molar-refractivity contribution is 5.36. The molecule has 65 valence electrons. The van der Waals surface area contributed by atoms with Gasteiger partial charge in [0.05, 0.1) is 0 Å². The number of aryl methyl sites for hydroxylation is 1. The van der Waals surface area contributed by atoms with Crippen LogP contribution in [0.1, 0.15) is 36.5 Å². The molecule has 1 radical (unpaired) electrons. The first-order chi connectivity index (χ1) is 5.66. The fourth-order valence-electron chi connectivity index (χ4n) is 1.62. The van der Waals surface area contributed by atoms with Gasteiger partial charge in [-0.15, -0.1) is 0 Å². The lowest BCUT2D eigenvalue weighted by Crippen LogP contribution is -1.96. The second kappa shape index (κ2) is 3.75. The Kier molecular flexibility index (Phi) is 2.91. The number of hydrogen-bond acceptors (Lipinski definition) is 0. The lowest BCUT2D eigenvalue weighted by atomic mass is 9.93. The minimum Gasteiger partial charge on any atom is -0.0617 e. The summed E-state index contributed by atoms with van der Waals surface area (Å²) in [5, 5.41) is 0. The maximum absolute atomic E-state index is 4.04. The topological polar surface area (TPSA) is 0 Å². The van der Waals surface area contributed by atoms with Crippen LogP contribution < -0.4 is 0 Å². The Hall–Kier alpha value is -0.780. The van der Waals surface area contributed by atoms with E-state index in [-0.39, 0.29) is 0 Å². The maximum Gasteiger partial charge on any atom is -0.0187 e. The van der Waals surface area contributed by atoms with E-state index in [0.717, 1.165) is 6.42 Å². The van der Waals surface area contributed by atoms with Gasteiger partial charge in [-0.05, 0) is 42.9 Å². The smallest absolute Gasteiger partial charge is 0.0187 e. The van der Waals surface area contributed by atoms with Crippen LogP contribution in [0.4, 0.5) is 0 Å². The molecule has 1 atom stereocenters. The summed E-state index contributed by atoms with van der Waals surface area (Å²) in [5.74, 6) is 0.400. The minimum absolute atomic E-state index is 0.400. The standard InChI is InChI=1S/C12H17/c1-5-11-7-6-8-12(9(2)3)10(11)4/h6-9H,2,5H2,1,3-4H3. The Balaban J connectivity index is 3.14. The Morgan fingerprint density at radius 3 is 2.58 bits per heavy atom. The van der Waals surface area contributed by atoms with Crippen LogP contribution in [0.5, 0.6) is 0 Å². The third kappa shape index (κ3) is 1.69. The molecule has 0 nitrogen and oxygen atoms in total. The molecule has 0 aliphatic carbocycles. The van der Waals surface area contributed by atoms with E-state index in [1.54, 1.807) is 0 Å². The average molecular weight is 161 g/mol. The van der Waals surface area contributed by atoms with E-state index < -0.39 is 0 Å². The number of rotatable bonds is 2. The van der Waals surface area contributed by atoms with Crippen LogP contribution >= 0.6 is 0 Å². The van der Waals surface area contributed by atoms with E-state index in [0.29, 0.717) is 5.92 Å². The SMILES string of the molecule is [CH2]C(C)c1cccc(CC)c1C.